The van der Waals surface area contributed by atoms with Crippen LogP contribution in [-0.4, -0.2) is 11.5 Å². The number of pyridine rings is 1. The fourth-order valence-electron chi connectivity index (χ4n) is 1.30. The molecule has 3 heteroatoms. The maximum atomic E-state index is 5.68. The van der Waals surface area contributed by atoms with Crippen LogP contribution < -0.4 is 5.32 Å². The third kappa shape index (κ3) is 3.13. The van der Waals surface area contributed by atoms with Crippen molar-refractivity contribution < 1.29 is 0 Å². The summed E-state index contributed by atoms with van der Waals surface area (Å²) >= 11 is 5.68. The third-order valence-electron chi connectivity index (χ3n) is 2.15. The molecule has 1 aromatic heterocycles. The number of nitrogens with one attached hydrogen (secondary N) is 1. The molecule has 2 nitrogen and oxygen atoms in total. The van der Waals surface area contributed by atoms with Gasteiger partial charge >= 0.3 is 0 Å². The van der Waals surface area contributed by atoms with Crippen LogP contribution in [0.25, 0.3) is 0 Å². The number of rotatable bonds is 4. The van der Waals surface area contributed by atoms with Gasteiger partial charge in [-0.3, -0.25) is 4.98 Å². The molecule has 1 atom stereocenters. The van der Waals surface area contributed by atoms with Crippen molar-refractivity contribution in [1.82, 2.24) is 10.3 Å². The van der Waals surface area contributed by atoms with Crippen molar-refractivity contribution in [1.29, 1.82) is 0 Å². The minimum atomic E-state index is 0.249. The predicted molar refractivity (Wildman–Crippen MR) is 60.4 cm³/mol. The van der Waals surface area contributed by atoms with E-state index >= 15 is 0 Å². The van der Waals surface area contributed by atoms with Gasteiger partial charge in [0.25, 0.3) is 0 Å². The molecule has 1 N–H and O–H groups in total. The third-order valence-corrected chi connectivity index (χ3v) is 2.28. The van der Waals surface area contributed by atoms with Crippen LogP contribution >= 0.6 is 11.6 Å². The van der Waals surface area contributed by atoms with Gasteiger partial charge in [0.05, 0.1) is 0 Å². The second-order valence-corrected chi connectivity index (χ2v) is 3.89. The summed E-state index contributed by atoms with van der Waals surface area (Å²) in [5.41, 5.74) is 2.44. The molecule has 0 aliphatic carbocycles. The average Bonchev–Trinajstić information content (AvgIpc) is 2.15. The molecule has 14 heavy (non-hydrogen) atoms. The lowest BCUT2D eigenvalue weighted by Gasteiger charge is -2.15. The summed E-state index contributed by atoms with van der Waals surface area (Å²) in [5.74, 6) is 0. The van der Waals surface area contributed by atoms with Gasteiger partial charge in [0.15, 0.2) is 0 Å². The van der Waals surface area contributed by atoms with E-state index in [1.165, 1.54) is 11.1 Å². The van der Waals surface area contributed by atoms with Crippen LogP contribution in [0.2, 0.25) is 0 Å². The summed E-state index contributed by atoms with van der Waals surface area (Å²) in [5, 5.41) is 3.89. The second-order valence-electron chi connectivity index (χ2n) is 3.35. The highest BCUT2D eigenvalue weighted by atomic mass is 35.5. The Morgan fingerprint density at radius 1 is 1.71 bits per heavy atom. The van der Waals surface area contributed by atoms with Crippen LogP contribution in [0.4, 0.5) is 0 Å². The topological polar surface area (TPSA) is 24.9 Å². The van der Waals surface area contributed by atoms with E-state index in [0.717, 1.165) is 0 Å². The molecule has 1 rings (SSSR count). The zero-order chi connectivity index (χ0) is 10.6. The number of halogens is 1. The number of hydrogen-bond acceptors (Lipinski definition) is 2. The average molecular weight is 211 g/mol. The molecular weight excluding hydrogens is 196 g/mol. The first-order chi connectivity index (χ1) is 6.61. The summed E-state index contributed by atoms with van der Waals surface area (Å²) in [6.45, 7) is 8.41. The maximum Gasteiger partial charge on any atom is 0.0318 e. The Kier molecular flexibility index (Phi) is 4.11. The van der Waals surface area contributed by atoms with Gasteiger partial charge in [0.2, 0.25) is 0 Å². The van der Waals surface area contributed by atoms with E-state index in [4.69, 9.17) is 11.6 Å². The van der Waals surface area contributed by atoms with Crippen LogP contribution in [0, 0.1) is 6.92 Å². The molecule has 0 saturated carbocycles. The molecule has 0 amide bonds. The van der Waals surface area contributed by atoms with Crippen LogP contribution in [0.1, 0.15) is 24.1 Å². The quantitative estimate of drug-likeness (QED) is 0.827. The number of aromatic nitrogens is 1. The molecular formula is C11H15ClN2. The minimum Gasteiger partial charge on any atom is -0.305 e. The van der Waals surface area contributed by atoms with Crippen molar-refractivity contribution in [2.75, 3.05) is 6.54 Å². The molecule has 0 fully saturated rings. The van der Waals surface area contributed by atoms with Crippen molar-refractivity contribution in [2.24, 2.45) is 0 Å². The van der Waals surface area contributed by atoms with Gasteiger partial charge < -0.3 is 5.32 Å². The summed E-state index contributed by atoms with van der Waals surface area (Å²) < 4.78 is 0. The van der Waals surface area contributed by atoms with E-state index in [1.54, 1.807) is 6.20 Å². The van der Waals surface area contributed by atoms with Gasteiger partial charge in [-0.2, -0.15) is 0 Å². The second kappa shape index (κ2) is 5.13. The Morgan fingerprint density at radius 2 is 2.43 bits per heavy atom. The minimum absolute atomic E-state index is 0.249. The molecule has 1 aromatic rings. The molecule has 0 spiro atoms. The van der Waals surface area contributed by atoms with Crippen molar-refractivity contribution in [3.63, 3.8) is 0 Å². The monoisotopic (exact) mass is 210 g/mol. The van der Waals surface area contributed by atoms with Crippen LogP contribution in [0.3, 0.4) is 0 Å². The van der Waals surface area contributed by atoms with E-state index < -0.39 is 0 Å². The smallest absolute Gasteiger partial charge is 0.0318 e. The molecule has 1 heterocycles. The lowest BCUT2D eigenvalue weighted by atomic mass is 10.1. The Hall–Kier alpha value is -0.860. The molecule has 0 bridgehead atoms. The summed E-state index contributed by atoms with van der Waals surface area (Å²) in [4.78, 5) is 4.10. The lowest BCUT2D eigenvalue weighted by molar-refractivity contribution is 0.609. The number of aryl methyl sites for hydroxylation is 1. The van der Waals surface area contributed by atoms with Crippen LogP contribution in [0.15, 0.2) is 30.1 Å². The molecule has 0 aliphatic heterocycles. The zero-order valence-corrected chi connectivity index (χ0v) is 9.30. The highest BCUT2D eigenvalue weighted by Gasteiger charge is 2.07. The molecule has 1 unspecified atom stereocenters. The highest BCUT2D eigenvalue weighted by molar-refractivity contribution is 6.29. The van der Waals surface area contributed by atoms with Crippen molar-refractivity contribution in [2.45, 2.75) is 19.9 Å². The van der Waals surface area contributed by atoms with E-state index in [0.29, 0.717) is 11.6 Å². The van der Waals surface area contributed by atoms with Gasteiger partial charge in [0.1, 0.15) is 0 Å². The number of nitrogens with zero attached hydrogens (tertiary/aromatic N) is 1. The highest BCUT2D eigenvalue weighted by Crippen LogP contribution is 2.15. The normalized spacial score (nSPS) is 12.5. The maximum absolute atomic E-state index is 5.68. The Morgan fingerprint density at radius 3 is 3.00 bits per heavy atom. The number of hydrogen-bond donors (Lipinski definition) is 1. The Balaban J connectivity index is 2.65. The van der Waals surface area contributed by atoms with E-state index in [1.807, 2.05) is 12.3 Å². The first-order valence-electron chi connectivity index (χ1n) is 4.58. The van der Waals surface area contributed by atoms with Gasteiger partial charge in [-0.05, 0) is 31.0 Å². The molecule has 0 radical (unpaired) electrons. The van der Waals surface area contributed by atoms with Gasteiger partial charge in [-0.15, -0.1) is 0 Å². The standard InChI is InChI=1S/C11H15ClN2/c1-8-4-5-13-7-11(8)10(3)14-6-9(2)12/h4-5,7,10,14H,2,6H2,1,3H3. The van der Waals surface area contributed by atoms with E-state index in [-0.39, 0.29) is 6.04 Å². The van der Waals surface area contributed by atoms with Gasteiger partial charge in [0, 0.05) is 30.0 Å². The van der Waals surface area contributed by atoms with E-state index in [2.05, 4.69) is 30.7 Å². The predicted octanol–water partition coefficient (Wildman–Crippen LogP) is 2.79. The molecule has 76 valence electrons. The van der Waals surface area contributed by atoms with Crippen LogP contribution in [-0.2, 0) is 0 Å². The SMILES string of the molecule is C=C(Cl)CNC(C)c1cnccc1C. The van der Waals surface area contributed by atoms with Crippen LogP contribution in [0.5, 0.6) is 0 Å². The summed E-state index contributed by atoms with van der Waals surface area (Å²) in [7, 11) is 0. The van der Waals surface area contributed by atoms with E-state index in [9.17, 15) is 0 Å². The van der Waals surface area contributed by atoms with Crippen molar-refractivity contribution >= 4 is 11.6 Å². The first-order valence-corrected chi connectivity index (χ1v) is 4.96. The van der Waals surface area contributed by atoms with Gasteiger partial charge in [-0.1, -0.05) is 18.2 Å². The first kappa shape index (κ1) is 11.2. The largest absolute Gasteiger partial charge is 0.305 e. The molecule has 0 saturated heterocycles. The molecule has 0 aliphatic rings. The van der Waals surface area contributed by atoms with Crippen molar-refractivity contribution in [3.8, 4) is 0 Å². The molecule has 0 aromatic carbocycles. The summed E-state index contributed by atoms with van der Waals surface area (Å²) in [6, 6.07) is 2.25. The van der Waals surface area contributed by atoms with Crippen molar-refractivity contribution in [3.05, 3.63) is 41.2 Å². The Labute approximate surface area is 90.0 Å². The lowest BCUT2D eigenvalue weighted by Crippen LogP contribution is -2.20. The van der Waals surface area contributed by atoms with Gasteiger partial charge in [-0.25, -0.2) is 0 Å². The fraction of sp³-hybridized carbons (Fsp3) is 0.364. The Bertz CT molecular complexity index is 323. The fourth-order valence-corrected chi connectivity index (χ4v) is 1.38. The summed E-state index contributed by atoms with van der Waals surface area (Å²) in [6.07, 6.45) is 3.68. The zero-order valence-electron chi connectivity index (χ0n) is 8.55.